The SMILES string of the molecule is CCCCCC(CC(=O)OCC)C(O)C(=O)[C@@H]1CCCN1C(=O)C(N)C(C)C. The summed E-state index contributed by atoms with van der Waals surface area (Å²) in [6.45, 7) is 8.28. The molecule has 1 saturated heterocycles. The monoisotopic (exact) mass is 398 g/mol. The number of carbonyl (C=O) groups excluding carboxylic acids is 3. The van der Waals surface area contributed by atoms with Gasteiger partial charge >= 0.3 is 5.97 Å². The molecule has 0 aromatic carbocycles. The van der Waals surface area contributed by atoms with E-state index in [9.17, 15) is 19.5 Å². The van der Waals surface area contributed by atoms with Gasteiger partial charge in [0.15, 0.2) is 5.78 Å². The smallest absolute Gasteiger partial charge is 0.306 e. The van der Waals surface area contributed by atoms with E-state index in [1.165, 1.54) is 4.90 Å². The van der Waals surface area contributed by atoms with Gasteiger partial charge in [-0.15, -0.1) is 0 Å². The molecule has 1 amide bonds. The summed E-state index contributed by atoms with van der Waals surface area (Å²) in [5.41, 5.74) is 5.99. The van der Waals surface area contributed by atoms with Gasteiger partial charge in [-0.1, -0.05) is 40.0 Å². The van der Waals surface area contributed by atoms with Crippen molar-refractivity contribution in [1.29, 1.82) is 0 Å². The van der Waals surface area contributed by atoms with E-state index in [2.05, 4.69) is 6.92 Å². The van der Waals surface area contributed by atoms with Gasteiger partial charge < -0.3 is 20.5 Å². The maximum atomic E-state index is 13.0. The number of nitrogens with zero attached hydrogens (tertiary/aromatic N) is 1. The molecule has 1 aliphatic rings. The number of nitrogens with two attached hydrogens (primary N) is 1. The number of ether oxygens (including phenoxy) is 1. The van der Waals surface area contributed by atoms with Gasteiger partial charge in [0.25, 0.3) is 0 Å². The minimum absolute atomic E-state index is 0.0106. The maximum absolute atomic E-state index is 13.0. The lowest BCUT2D eigenvalue weighted by Gasteiger charge is -2.31. The lowest BCUT2D eigenvalue weighted by molar-refractivity contribution is -0.149. The van der Waals surface area contributed by atoms with E-state index in [0.29, 0.717) is 25.8 Å². The topological polar surface area (TPSA) is 110 Å². The molecule has 0 aromatic rings. The molecule has 0 saturated carbocycles. The number of ketones is 1. The van der Waals surface area contributed by atoms with Gasteiger partial charge in [0.05, 0.1) is 25.1 Å². The third-order valence-corrected chi connectivity index (χ3v) is 5.52. The Hall–Kier alpha value is -1.47. The normalized spacial score (nSPS) is 20.1. The molecule has 0 aliphatic carbocycles. The highest BCUT2D eigenvalue weighted by Crippen LogP contribution is 2.26. The van der Waals surface area contributed by atoms with Crippen LogP contribution in [0.2, 0.25) is 0 Å². The molecule has 1 aliphatic heterocycles. The third kappa shape index (κ3) is 6.85. The van der Waals surface area contributed by atoms with Crippen molar-refractivity contribution in [1.82, 2.24) is 4.90 Å². The molecule has 1 heterocycles. The van der Waals surface area contributed by atoms with Crippen molar-refractivity contribution in [3.05, 3.63) is 0 Å². The van der Waals surface area contributed by atoms with Crippen LogP contribution in [0.5, 0.6) is 0 Å². The Morgan fingerprint density at radius 1 is 1.21 bits per heavy atom. The second-order valence-electron chi connectivity index (χ2n) is 8.07. The average molecular weight is 399 g/mol. The third-order valence-electron chi connectivity index (χ3n) is 5.52. The minimum Gasteiger partial charge on any atom is -0.466 e. The molecule has 4 atom stereocenters. The summed E-state index contributed by atoms with van der Waals surface area (Å²) in [5.74, 6) is -1.55. The molecular formula is C21H38N2O5. The number of hydrogen-bond donors (Lipinski definition) is 2. The molecule has 1 fully saturated rings. The number of likely N-dealkylation sites (tertiary alicyclic amines) is 1. The number of hydrogen-bond acceptors (Lipinski definition) is 6. The maximum Gasteiger partial charge on any atom is 0.306 e. The van der Waals surface area contributed by atoms with E-state index in [1.54, 1.807) is 6.92 Å². The van der Waals surface area contributed by atoms with Crippen LogP contribution in [-0.2, 0) is 19.1 Å². The molecule has 0 radical (unpaired) electrons. The summed E-state index contributed by atoms with van der Waals surface area (Å²) in [6, 6.07) is -1.33. The van der Waals surface area contributed by atoms with Gasteiger partial charge in [-0.25, -0.2) is 0 Å². The molecule has 0 spiro atoms. The Labute approximate surface area is 169 Å². The molecule has 3 unspecified atom stereocenters. The molecule has 28 heavy (non-hydrogen) atoms. The van der Waals surface area contributed by atoms with Gasteiger partial charge in [-0.05, 0) is 32.1 Å². The van der Waals surface area contributed by atoms with E-state index in [1.807, 2.05) is 13.8 Å². The van der Waals surface area contributed by atoms with Crippen molar-refractivity contribution in [2.75, 3.05) is 13.2 Å². The number of carbonyl (C=O) groups is 3. The molecule has 1 rings (SSSR count). The molecule has 3 N–H and O–H groups in total. The van der Waals surface area contributed by atoms with Crippen LogP contribution in [0.4, 0.5) is 0 Å². The summed E-state index contributed by atoms with van der Waals surface area (Å²) >= 11 is 0. The lowest BCUT2D eigenvalue weighted by atomic mass is 9.87. The quantitative estimate of drug-likeness (QED) is 0.384. The van der Waals surface area contributed by atoms with Crippen molar-refractivity contribution in [3.8, 4) is 0 Å². The molecular weight excluding hydrogens is 360 g/mol. The Kier molecular flexibility index (Phi) is 10.7. The fourth-order valence-corrected chi connectivity index (χ4v) is 3.69. The second-order valence-corrected chi connectivity index (χ2v) is 8.07. The number of Topliss-reactive ketones (excluding diaryl/α,β-unsaturated/α-hetero) is 1. The summed E-state index contributed by atoms with van der Waals surface area (Å²) in [5, 5.41) is 10.8. The zero-order valence-corrected chi connectivity index (χ0v) is 17.9. The van der Waals surface area contributed by atoms with Gasteiger partial charge in [-0.3, -0.25) is 14.4 Å². The van der Waals surface area contributed by atoms with Crippen LogP contribution in [0.25, 0.3) is 0 Å². The molecule has 7 nitrogen and oxygen atoms in total. The number of aliphatic hydroxyl groups excluding tert-OH is 1. The second kappa shape index (κ2) is 12.2. The first-order chi connectivity index (χ1) is 13.2. The molecule has 0 bridgehead atoms. The van der Waals surface area contributed by atoms with Crippen LogP contribution in [-0.4, -0.2) is 59.0 Å². The van der Waals surface area contributed by atoms with Gasteiger partial charge in [0, 0.05) is 12.5 Å². The zero-order valence-electron chi connectivity index (χ0n) is 17.9. The molecule has 7 heteroatoms. The van der Waals surface area contributed by atoms with Crippen molar-refractivity contribution in [3.63, 3.8) is 0 Å². The van der Waals surface area contributed by atoms with Crippen molar-refractivity contribution >= 4 is 17.7 Å². The van der Waals surface area contributed by atoms with Crippen LogP contribution in [0, 0.1) is 11.8 Å². The average Bonchev–Trinajstić information content (AvgIpc) is 3.14. The van der Waals surface area contributed by atoms with E-state index in [0.717, 1.165) is 19.3 Å². The highest BCUT2D eigenvalue weighted by molar-refractivity contribution is 5.94. The Balaban J connectivity index is 2.87. The van der Waals surface area contributed by atoms with Crippen LogP contribution >= 0.6 is 0 Å². The predicted molar refractivity (Wildman–Crippen MR) is 107 cm³/mol. The van der Waals surface area contributed by atoms with Crippen molar-refractivity contribution in [2.24, 2.45) is 17.6 Å². The minimum atomic E-state index is -1.28. The van der Waals surface area contributed by atoms with E-state index < -0.39 is 30.1 Å². The van der Waals surface area contributed by atoms with Gasteiger partial charge in [0.2, 0.25) is 5.91 Å². The predicted octanol–water partition coefficient (Wildman–Crippen LogP) is 2.04. The first-order valence-electron chi connectivity index (χ1n) is 10.7. The number of aliphatic hydroxyl groups is 1. The number of esters is 1. The first kappa shape index (κ1) is 24.6. The number of rotatable bonds is 12. The fraction of sp³-hybridized carbons (Fsp3) is 0.857. The van der Waals surface area contributed by atoms with Gasteiger partial charge in [-0.2, -0.15) is 0 Å². The van der Waals surface area contributed by atoms with Crippen LogP contribution < -0.4 is 5.73 Å². The van der Waals surface area contributed by atoms with Crippen LogP contribution in [0.1, 0.15) is 72.6 Å². The Bertz CT molecular complexity index is 523. The van der Waals surface area contributed by atoms with Crippen molar-refractivity contribution in [2.45, 2.75) is 90.8 Å². The standard InChI is InChI=1S/C21H38N2O5/c1-5-7-8-10-15(13-17(24)28-6-2)19(25)20(26)16-11-9-12-23(16)21(27)18(22)14(3)4/h14-16,18-19,25H,5-13,22H2,1-4H3/t15?,16-,18?,19?/m0/s1. The summed E-state index contributed by atoms with van der Waals surface area (Å²) in [7, 11) is 0. The molecule has 0 aromatic heterocycles. The first-order valence-corrected chi connectivity index (χ1v) is 10.7. The summed E-state index contributed by atoms with van der Waals surface area (Å²) in [6.07, 6.45) is 3.34. The number of amides is 1. The lowest BCUT2D eigenvalue weighted by Crippen LogP contribution is -2.52. The fourth-order valence-electron chi connectivity index (χ4n) is 3.69. The zero-order chi connectivity index (χ0) is 21.3. The summed E-state index contributed by atoms with van der Waals surface area (Å²) in [4.78, 5) is 39.2. The van der Waals surface area contributed by atoms with E-state index >= 15 is 0 Å². The highest BCUT2D eigenvalue weighted by Gasteiger charge is 2.41. The number of unbranched alkanes of at least 4 members (excludes halogenated alkanes) is 2. The van der Waals surface area contributed by atoms with Gasteiger partial charge in [0.1, 0.15) is 6.10 Å². The van der Waals surface area contributed by atoms with Crippen molar-refractivity contribution < 1.29 is 24.2 Å². The van der Waals surface area contributed by atoms with Crippen LogP contribution in [0.3, 0.4) is 0 Å². The molecule has 162 valence electrons. The Morgan fingerprint density at radius 3 is 2.46 bits per heavy atom. The summed E-state index contributed by atoms with van der Waals surface area (Å²) < 4.78 is 5.01. The van der Waals surface area contributed by atoms with E-state index in [4.69, 9.17) is 10.5 Å². The Morgan fingerprint density at radius 2 is 1.89 bits per heavy atom. The largest absolute Gasteiger partial charge is 0.466 e. The highest BCUT2D eigenvalue weighted by atomic mass is 16.5. The van der Waals surface area contributed by atoms with E-state index in [-0.39, 0.29) is 30.6 Å². The van der Waals surface area contributed by atoms with Crippen LogP contribution in [0.15, 0.2) is 0 Å².